The van der Waals surface area contributed by atoms with Crippen LogP contribution in [-0.2, 0) is 21.4 Å². The molecule has 3 aromatic rings. The summed E-state index contributed by atoms with van der Waals surface area (Å²) in [5, 5.41) is 7.03. The summed E-state index contributed by atoms with van der Waals surface area (Å²) in [5.74, 6) is 1.76. The molecule has 0 bridgehead atoms. The first-order valence-corrected chi connectivity index (χ1v) is 13.6. The standard InChI is InChI=1S/C25H31N5O6S/c1-29(37(4,32)33)20-9-5-8-19(14-20)26-25(31)18-7-6-12-30(15-18)16-23-27-24(28-36-23)17-10-11-21(34-2)22(13-17)35-3/h5,8-11,13-14,18H,6-7,12,15-16H2,1-4H3,(H,26,31). The maximum absolute atomic E-state index is 13.0. The van der Waals surface area contributed by atoms with Crippen LogP contribution in [0.5, 0.6) is 11.5 Å². The molecule has 11 nitrogen and oxygen atoms in total. The highest BCUT2D eigenvalue weighted by molar-refractivity contribution is 7.92. The number of carbonyl (C=O) groups excluding carboxylic acids is 1. The highest BCUT2D eigenvalue weighted by Gasteiger charge is 2.27. The molecular formula is C25H31N5O6S. The van der Waals surface area contributed by atoms with Crippen molar-refractivity contribution in [3.63, 3.8) is 0 Å². The number of nitrogens with one attached hydrogen (secondary N) is 1. The first-order valence-electron chi connectivity index (χ1n) is 11.8. The van der Waals surface area contributed by atoms with Crippen molar-refractivity contribution in [2.75, 3.05) is 50.2 Å². The Morgan fingerprint density at radius 3 is 2.70 bits per heavy atom. The third kappa shape index (κ3) is 6.38. The summed E-state index contributed by atoms with van der Waals surface area (Å²) >= 11 is 0. The molecule has 0 aliphatic carbocycles. The van der Waals surface area contributed by atoms with Gasteiger partial charge in [0.25, 0.3) is 0 Å². The Labute approximate surface area is 216 Å². The normalized spacial score (nSPS) is 16.3. The molecule has 1 saturated heterocycles. The third-order valence-electron chi connectivity index (χ3n) is 6.32. The first-order chi connectivity index (χ1) is 17.7. The fraction of sp³-hybridized carbons (Fsp3) is 0.400. The summed E-state index contributed by atoms with van der Waals surface area (Å²) in [7, 11) is 1.22. The molecule has 0 saturated carbocycles. The summed E-state index contributed by atoms with van der Waals surface area (Å²) in [6, 6.07) is 12.2. The minimum atomic E-state index is -3.40. The molecule has 4 rings (SSSR count). The number of carbonyl (C=O) groups is 1. The molecule has 37 heavy (non-hydrogen) atoms. The lowest BCUT2D eigenvalue weighted by Crippen LogP contribution is -2.40. The molecule has 1 N–H and O–H groups in total. The topological polar surface area (TPSA) is 127 Å². The van der Waals surface area contributed by atoms with Gasteiger partial charge in [-0.15, -0.1) is 0 Å². The smallest absolute Gasteiger partial charge is 0.241 e. The highest BCUT2D eigenvalue weighted by Crippen LogP contribution is 2.31. The average Bonchev–Trinajstić information content (AvgIpc) is 3.36. The highest BCUT2D eigenvalue weighted by atomic mass is 32.2. The van der Waals surface area contributed by atoms with Crippen LogP contribution < -0.4 is 19.1 Å². The van der Waals surface area contributed by atoms with E-state index in [0.29, 0.717) is 47.7 Å². The Kier molecular flexibility index (Phi) is 7.98. The second-order valence-electron chi connectivity index (χ2n) is 8.93. The maximum Gasteiger partial charge on any atom is 0.241 e. The van der Waals surface area contributed by atoms with Crippen molar-refractivity contribution >= 4 is 27.3 Å². The van der Waals surface area contributed by atoms with Crippen molar-refractivity contribution in [1.29, 1.82) is 0 Å². The van der Waals surface area contributed by atoms with Crippen LogP contribution in [0.3, 0.4) is 0 Å². The number of methoxy groups -OCH3 is 2. The number of hydrogen-bond donors (Lipinski definition) is 1. The van der Waals surface area contributed by atoms with E-state index in [0.717, 1.165) is 31.2 Å². The molecule has 1 amide bonds. The van der Waals surface area contributed by atoms with Gasteiger partial charge in [-0.1, -0.05) is 11.2 Å². The molecule has 1 aromatic heterocycles. The van der Waals surface area contributed by atoms with Crippen LogP contribution >= 0.6 is 0 Å². The van der Waals surface area contributed by atoms with Crippen LogP contribution in [0.15, 0.2) is 47.0 Å². The van der Waals surface area contributed by atoms with Crippen LogP contribution in [0.25, 0.3) is 11.4 Å². The summed E-state index contributed by atoms with van der Waals surface area (Å²) < 4.78 is 41.0. The number of hydrogen-bond acceptors (Lipinski definition) is 9. The molecule has 0 radical (unpaired) electrons. The molecule has 2 aromatic carbocycles. The predicted molar refractivity (Wildman–Crippen MR) is 139 cm³/mol. The number of amides is 1. The van der Waals surface area contributed by atoms with Crippen LogP contribution in [0.2, 0.25) is 0 Å². The molecule has 1 fully saturated rings. The lowest BCUT2D eigenvalue weighted by molar-refractivity contribution is -0.121. The fourth-order valence-electron chi connectivity index (χ4n) is 4.23. The van der Waals surface area contributed by atoms with E-state index in [2.05, 4.69) is 20.4 Å². The number of nitrogens with zero attached hydrogens (tertiary/aromatic N) is 4. The molecule has 1 aliphatic rings. The number of ether oxygens (including phenoxy) is 2. The molecule has 1 aliphatic heterocycles. The van der Waals surface area contributed by atoms with E-state index >= 15 is 0 Å². The summed E-state index contributed by atoms with van der Waals surface area (Å²) in [4.78, 5) is 19.6. The largest absolute Gasteiger partial charge is 0.493 e. The van der Waals surface area contributed by atoms with E-state index in [1.807, 2.05) is 6.07 Å². The molecule has 1 unspecified atom stereocenters. The van der Waals surface area contributed by atoms with Gasteiger partial charge in [-0.3, -0.25) is 14.0 Å². The molecule has 0 spiro atoms. The van der Waals surface area contributed by atoms with Gasteiger partial charge in [0, 0.05) is 24.8 Å². The number of likely N-dealkylation sites (tertiary alicyclic amines) is 1. The monoisotopic (exact) mass is 529 g/mol. The van der Waals surface area contributed by atoms with Gasteiger partial charge in [-0.2, -0.15) is 4.98 Å². The molecule has 12 heteroatoms. The molecule has 198 valence electrons. The predicted octanol–water partition coefficient (Wildman–Crippen LogP) is 3.00. The Morgan fingerprint density at radius 1 is 1.19 bits per heavy atom. The lowest BCUT2D eigenvalue weighted by Gasteiger charge is -2.31. The van der Waals surface area contributed by atoms with Crippen molar-refractivity contribution in [3.05, 3.63) is 48.4 Å². The zero-order valence-electron chi connectivity index (χ0n) is 21.3. The summed E-state index contributed by atoms with van der Waals surface area (Å²) in [5.41, 5.74) is 1.77. The van der Waals surface area contributed by atoms with Crippen molar-refractivity contribution < 1.29 is 27.2 Å². The van der Waals surface area contributed by atoms with E-state index in [-0.39, 0.29) is 11.8 Å². The second-order valence-corrected chi connectivity index (χ2v) is 10.9. The van der Waals surface area contributed by atoms with Crippen molar-refractivity contribution in [2.24, 2.45) is 5.92 Å². The van der Waals surface area contributed by atoms with Gasteiger partial charge in [0.05, 0.1) is 38.6 Å². The Balaban J connectivity index is 1.38. The van der Waals surface area contributed by atoms with E-state index in [1.54, 1.807) is 50.6 Å². The first kappa shape index (κ1) is 26.4. The van der Waals surface area contributed by atoms with Gasteiger partial charge in [0.1, 0.15) is 0 Å². The van der Waals surface area contributed by atoms with Crippen molar-refractivity contribution in [1.82, 2.24) is 15.0 Å². The Morgan fingerprint density at radius 2 is 1.97 bits per heavy atom. The van der Waals surface area contributed by atoms with E-state index < -0.39 is 10.0 Å². The number of benzene rings is 2. The molecule has 2 heterocycles. The lowest BCUT2D eigenvalue weighted by atomic mass is 9.97. The summed E-state index contributed by atoms with van der Waals surface area (Å²) in [6.07, 6.45) is 2.74. The maximum atomic E-state index is 13.0. The molecular weight excluding hydrogens is 498 g/mol. The molecule has 1 atom stereocenters. The number of rotatable bonds is 9. The van der Waals surface area contributed by atoms with Crippen LogP contribution in [0.4, 0.5) is 11.4 Å². The zero-order chi connectivity index (χ0) is 26.6. The summed E-state index contributed by atoms with van der Waals surface area (Å²) in [6.45, 7) is 1.79. The number of anilines is 2. The van der Waals surface area contributed by atoms with Gasteiger partial charge in [0.2, 0.25) is 27.6 Å². The van der Waals surface area contributed by atoms with E-state index in [9.17, 15) is 13.2 Å². The minimum absolute atomic E-state index is 0.111. The number of aromatic nitrogens is 2. The van der Waals surface area contributed by atoms with Gasteiger partial charge in [-0.25, -0.2) is 8.42 Å². The van der Waals surface area contributed by atoms with Gasteiger partial charge >= 0.3 is 0 Å². The Hall–Kier alpha value is -3.64. The van der Waals surface area contributed by atoms with Gasteiger partial charge < -0.3 is 19.3 Å². The Bertz CT molecular complexity index is 1360. The fourth-order valence-corrected chi connectivity index (χ4v) is 4.73. The SMILES string of the molecule is COc1ccc(-c2noc(CN3CCCC(C(=O)Nc4cccc(N(C)S(C)(=O)=O)c4)C3)n2)cc1OC. The van der Waals surface area contributed by atoms with Gasteiger partial charge in [0.15, 0.2) is 11.5 Å². The van der Waals surface area contributed by atoms with Crippen LogP contribution in [0, 0.1) is 5.92 Å². The van der Waals surface area contributed by atoms with Gasteiger partial charge in [-0.05, 0) is 55.8 Å². The van der Waals surface area contributed by atoms with Crippen molar-refractivity contribution in [2.45, 2.75) is 19.4 Å². The average molecular weight is 530 g/mol. The quantitative estimate of drug-likeness (QED) is 0.445. The number of sulfonamides is 1. The number of piperidine rings is 1. The van der Waals surface area contributed by atoms with Crippen molar-refractivity contribution in [3.8, 4) is 22.9 Å². The zero-order valence-corrected chi connectivity index (χ0v) is 22.1. The third-order valence-corrected chi connectivity index (χ3v) is 7.53. The minimum Gasteiger partial charge on any atom is -0.493 e. The van der Waals surface area contributed by atoms with Crippen LogP contribution in [-0.4, -0.2) is 70.0 Å². The van der Waals surface area contributed by atoms with E-state index in [4.69, 9.17) is 14.0 Å². The second kappa shape index (κ2) is 11.2. The van der Waals surface area contributed by atoms with Crippen LogP contribution in [0.1, 0.15) is 18.7 Å². The van der Waals surface area contributed by atoms with E-state index in [1.165, 1.54) is 11.4 Å².